The predicted octanol–water partition coefficient (Wildman–Crippen LogP) is 3.75. The molecule has 9 nitrogen and oxygen atoms in total. The maximum absolute atomic E-state index is 11.3. The van der Waals surface area contributed by atoms with Gasteiger partial charge in [0.05, 0.1) is 36.7 Å². The quantitative estimate of drug-likeness (QED) is 0.559. The van der Waals surface area contributed by atoms with Crippen LogP contribution in [0.5, 0.6) is 11.5 Å². The fraction of sp³-hybridized carbons (Fsp3) is 0.350. The van der Waals surface area contributed by atoms with Gasteiger partial charge in [-0.15, -0.1) is 0 Å². The molecule has 2 aromatic heterocycles. The Bertz CT molecular complexity index is 1060. The van der Waals surface area contributed by atoms with Crippen LogP contribution < -0.4 is 14.8 Å². The van der Waals surface area contributed by atoms with Gasteiger partial charge in [-0.2, -0.15) is 5.10 Å². The van der Waals surface area contributed by atoms with Crippen molar-refractivity contribution in [2.45, 2.75) is 19.0 Å². The van der Waals surface area contributed by atoms with Crippen LogP contribution in [-0.4, -0.2) is 58.2 Å². The average molecular weight is 476 g/mol. The number of nitrogens with zero attached hydrogens (tertiary/aromatic N) is 4. The van der Waals surface area contributed by atoms with Crippen molar-refractivity contribution in [3.63, 3.8) is 0 Å². The predicted molar refractivity (Wildman–Crippen MR) is 115 cm³/mol. The highest BCUT2D eigenvalue weighted by Gasteiger charge is 2.29. The van der Waals surface area contributed by atoms with Crippen LogP contribution in [0.1, 0.15) is 18.0 Å². The van der Waals surface area contributed by atoms with E-state index in [-0.39, 0.29) is 6.04 Å². The number of hydrogen-bond donors (Lipinski definition) is 2. The van der Waals surface area contributed by atoms with Crippen molar-refractivity contribution in [2.75, 3.05) is 32.6 Å². The molecule has 1 amide bonds. The minimum Gasteiger partial charge on any atom is -0.496 e. The first kappa shape index (κ1) is 20.3. The van der Waals surface area contributed by atoms with Gasteiger partial charge in [0.25, 0.3) is 0 Å². The number of halogens is 1. The number of rotatable bonds is 6. The minimum absolute atomic E-state index is 0.0144. The lowest BCUT2D eigenvalue weighted by Gasteiger charge is -2.15. The Kier molecular flexibility index (Phi) is 5.67. The first-order chi connectivity index (χ1) is 14.5. The summed E-state index contributed by atoms with van der Waals surface area (Å²) in [5.41, 5.74) is 1.78. The lowest BCUT2D eigenvalue weighted by atomic mass is 10.1. The third-order valence-corrected chi connectivity index (χ3v) is 5.87. The molecule has 1 saturated heterocycles. The van der Waals surface area contributed by atoms with E-state index in [1.54, 1.807) is 20.4 Å². The lowest BCUT2D eigenvalue weighted by molar-refractivity contribution is 0.154. The molecule has 0 radical (unpaired) electrons. The van der Waals surface area contributed by atoms with E-state index in [1.807, 2.05) is 28.9 Å². The Morgan fingerprint density at radius 1 is 1.30 bits per heavy atom. The summed E-state index contributed by atoms with van der Waals surface area (Å²) in [5.74, 6) is 2.12. The van der Waals surface area contributed by atoms with Crippen LogP contribution in [0.3, 0.4) is 0 Å². The van der Waals surface area contributed by atoms with Gasteiger partial charge in [-0.05, 0) is 40.5 Å². The van der Waals surface area contributed by atoms with E-state index in [2.05, 4.69) is 31.3 Å². The molecule has 0 saturated carbocycles. The maximum Gasteiger partial charge on any atom is 0.407 e. The van der Waals surface area contributed by atoms with E-state index in [0.717, 1.165) is 34.4 Å². The number of anilines is 1. The summed E-state index contributed by atoms with van der Waals surface area (Å²) in [4.78, 5) is 17.2. The summed E-state index contributed by atoms with van der Waals surface area (Å²) in [5, 5.41) is 18.1. The first-order valence-corrected chi connectivity index (χ1v) is 10.3. The highest BCUT2D eigenvalue weighted by atomic mass is 79.9. The number of likely N-dealkylation sites (tertiary alicyclic amines) is 1. The van der Waals surface area contributed by atoms with Crippen molar-refractivity contribution in [3.8, 4) is 11.5 Å². The summed E-state index contributed by atoms with van der Waals surface area (Å²) in [6, 6.07) is 7.53. The molecule has 1 atom stereocenters. The van der Waals surface area contributed by atoms with E-state index in [4.69, 9.17) is 9.47 Å². The number of ether oxygens (including phenoxy) is 2. The fourth-order valence-electron chi connectivity index (χ4n) is 3.85. The molecule has 0 aliphatic carbocycles. The van der Waals surface area contributed by atoms with Gasteiger partial charge in [0.15, 0.2) is 0 Å². The van der Waals surface area contributed by atoms with Gasteiger partial charge in [0.2, 0.25) is 0 Å². The molecule has 1 fully saturated rings. The average Bonchev–Trinajstić information content (AvgIpc) is 3.37. The van der Waals surface area contributed by atoms with Crippen LogP contribution >= 0.6 is 15.9 Å². The van der Waals surface area contributed by atoms with Crippen molar-refractivity contribution in [3.05, 3.63) is 40.6 Å². The molecule has 0 bridgehead atoms. The summed E-state index contributed by atoms with van der Waals surface area (Å²) in [7, 11) is 3.25. The maximum atomic E-state index is 11.3. The summed E-state index contributed by atoms with van der Waals surface area (Å²) < 4.78 is 13.5. The Labute approximate surface area is 181 Å². The number of hydrogen-bond acceptors (Lipinski definition) is 6. The minimum atomic E-state index is -0.900. The number of methoxy groups -OCH3 is 2. The zero-order chi connectivity index (χ0) is 21.3. The summed E-state index contributed by atoms with van der Waals surface area (Å²) >= 11 is 3.55. The number of amides is 1. The second-order valence-corrected chi connectivity index (χ2v) is 7.71. The molecular weight excluding hydrogens is 454 g/mol. The van der Waals surface area contributed by atoms with Crippen LogP contribution in [0.2, 0.25) is 0 Å². The molecule has 158 valence electrons. The largest absolute Gasteiger partial charge is 0.496 e. The number of carbonyl (C=O) groups is 1. The van der Waals surface area contributed by atoms with Crippen molar-refractivity contribution < 1.29 is 19.4 Å². The summed E-state index contributed by atoms with van der Waals surface area (Å²) in [6.07, 6.45) is 1.54. The number of pyridine rings is 1. The SMILES string of the molecule is COc1cccc(OC)c1CNc1nccc2c1c(Br)nn2[C@H]1CCN(C(=O)O)C1. The van der Waals surface area contributed by atoms with E-state index in [0.29, 0.717) is 30.1 Å². The van der Waals surface area contributed by atoms with Crippen molar-refractivity contribution >= 4 is 38.7 Å². The monoisotopic (exact) mass is 475 g/mol. The van der Waals surface area contributed by atoms with Crippen molar-refractivity contribution in [2.24, 2.45) is 0 Å². The topological polar surface area (TPSA) is 102 Å². The van der Waals surface area contributed by atoms with Crippen LogP contribution in [0.25, 0.3) is 10.9 Å². The Morgan fingerprint density at radius 3 is 2.67 bits per heavy atom. The van der Waals surface area contributed by atoms with Gasteiger partial charge >= 0.3 is 6.09 Å². The van der Waals surface area contributed by atoms with Crippen molar-refractivity contribution in [1.29, 1.82) is 0 Å². The van der Waals surface area contributed by atoms with Gasteiger partial charge in [0.1, 0.15) is 21.9 Å². The molecule has 0 spiro atoms. The molecule has 1 aliphatic rings. The zero-order valence-corrected chi connectivity index (χ0v) is 18.2. The van der Waals surface area contributed by atoms with E-state index in [9.17, 15) is 9.90 Å². The lowest BCUT2D eigenvalue weighted by Crippen LogP contribution is -2.27. The Morgan fingerprint density at radius 2 is 2.03 bits per heavy atom. The normalized spacial score (nSPS) is 16.1. The van der Waals surface area contributed by atoms with Gasteiger partial charge in [-0.1, -0.05) is 6.07 Å². The van der Waals surface area contributed by atoms with E-state index in [1.165, 1.54) is 4.90 Å². The highest BCUT2D eigenvalue weighted by molar-refractivity contribution is 9.10. The van der Waals surface area contributed by atoms with Gasteiger partial charge in [-0.3, -0.25) is 4.68 Å². The zero-order valence-electron chi connectivity index (χ0n) is 16.6. The van der Waals surface area contributed by atoms with Crippen LogP contribution in [0, 0.1) is 0 Å². The molecular formula is C20H22BrN5O4. The first-order valence-electron chi connectivity index (χ1n) is 9.47. The number of aromatic nitrogens is 3. The smallest absolute Gasteiger partial charge is 0.407 e. The molecule has 10 heteroatoms. The van der Waals surface area contributed by atoms with Crippen molar-refractivity contribution in [1.82, 2.24) is 19.7 Å². The van der Waals surface area contributed by atoms with Gasteiger partial charge in [0, 0.05) is 25.8 Å². The third-order valence-electron chi connectivity index (χ3n) is 5.32. The van der Waals surface area contributed by atoms with E-state index >= 15 is 0 Å². The van der Waals surface area contributed by atoms with Crippen LogP contribution in [0.4, 0.5) is 10.6 Å². The molecule has 3 aromatic rings. The molecule has 2 N–H and O–H groups in total. The number of nitrogens with one attached hydrogen (secondary N) is 1. The Hall–Kier alpha value is -3.01. The third kappa shape index (κ3) is 3.62. The van der Waals surface area contributed by atoms with Crippen LogP contribution in [0.15, 0.2) is 35.1 Å². The number of fused-ring (bicyclic) bond motifs is 1. The standard InChI is InChI=1S/C20H22BrN5O4/c1-29-15-4-3-5-16(30-2)13(15)10-23-19-17-14(6-8-22-19)26(24-18(17)21)12-7-9-25(11-12)20(27)28/h3-6,8,12H,7,9-11H2,1-2H3,(H,22,23)(H,27,28)/t12-/m0/s1. The molecule has 30 heavy (non-hydrogen) atoms. The molecule has 1 aromatic carbocycles. The number of benzene rings is 1. The van der Waals surface area contributed by atoms with Crippen LogP contribution in [-0.2, 0) is 6.54 Å². The van der Waals surface area contributed by atoms with E-state index < -0.39 is 6.09 Å². The molecule has 3 heterocycles. The molecule has 4 rings (SSSR count). The van der Waals surface area contributed by atoms with Gasteiger partial charge < -0.3 is 24.8 Å². The van der Waals surface area contributed by atoms with Gasteiger partial charge in [-0.25, -0.2) is 9.78 Å². The second-order valence-electron chi connectivity index (χ2n) is 6.95. The second kappa shape index (κ2) is 8.39. The number of carboxylic acid groups (broad SMARTS) is 1. The highest BCUT2D eigenvalue weighted by Crippen LogP contribution is 2.34. The Balaban J connectivity index is 1.64. The molecule has 1 aliphatic heterocycles. The molecule has 0 unspecified atom stereocenters. The fourth-order valence-corrected chi connectivity index (χ4v) is 4.41. The summed E-state index contributed by atoms with van der Waals surface area (Å²) in [6.45, 7) is 1.37.